The Bertz CT molecular complexity index is 941. The lowest BCUT2D eigenvalue weighted by Gasteiger charge is -2.24. The van der Waals surface area contributed by atoms with Crippen LogP contribution in [0.1, 0.15) is 23.2 Å². The molecule has 0 radical (unpaired) electrons. The van der Waals surface area contributed by atoms with Crippen LogP contribution in [0.3, 0.4) is 0 Å². The van der Waals surface area contributed by atoms with E-state index in [0.717, 1.165) is 29.8 Å². The van der Waals surface area contributed by atoms with Crippen molar-refractivity contribution in [1.82, 2.24) is 15.2 Å². The molecule has 0 spiro atoms. The molecule has 8 heteroatoms. The Hall–Kier alpha value is -2.82. The summed E-state index contributed by atoms with van der Waals surface area (Å²) in [4.78, 5) is 4.40. The van der Waals surface area contributed by atoms with E-state index in [1.165, 1.54) is 0 Å². The molecule has 3 aromatic rings. The van der Waals surface area contributed by atoms with Crippen LogP contribution in [0.4, 0.5) is 5.82 Å². The predicted octanol–water partition coefficient (Wildman–Crippen LogP) is 2.42. The highest BCUT2D eigenvalue weighted by molar-refractivity contribution is 5.85. The van der Waals surface area contributed by atoms with Gasteiger partial charge in [0.1, 0.15) is 28.9 Å². The molecule has 7 nitrogen and oxygen atoms in total. The van der Waals surface area contributed by atoms with Gasteiger partial charge in [-0.2, -0.15) is 10.4 Å². The maximum atomic E-state index is 9.56. The van der Waals surface area contributed by atoms with Crippen LogP contribution < -0.4 is 11.5 Å². The molecule has 1 aliphatic carbocycles. The van der Waals surface area contributed by atoms with Crippen LogP contribution in [-0.2, 0) is 12.8 Å². The molecular formula is C17H17ClN6O. The maximum Gasteiger partial charge on any atom is 0.152 e. The lowest BCUT2D eigenvalue weighted by Crippen LogP contribution is -2.29. The van der Waals surface area contributed by atoms with Crippen LogP contribution in [0.2, 0.25) is 0 Å². The van der Waals surface area contributed by atoms with Gasteiger partial charge in [0.25, 0.3) is 0 Å². The van der Waals surface area contributed by atoms with Crippen molar-refractivity contribution in [3.8, 4) is 28.8 Å². The zero-order valence-electron chi connectivity index (χ0n) is 13.3. The number of nitrogens with zero attached hydrogens (tertiary/aromatic N) is 3. The first-order chi connectivity index (χ1) is 11.7. The minimum atomic E-state index is 0. The summed E-state index contributed by atoms with van der Waals surface area (Å²) in [6.07, 6.45) is 3.94. The standard InChI is InChI=1S/C17H16N6O.ClH/c18-8-11-16(10-7-9(19)1-2-12(10)22-17(11)20)15-4-3-14(24-15)13-5-6-21-23-13;/h3-6,9H,1-2,7,19H2,(H2,20,22)(H,21,23);1H. The molecule has 5 N–H and O–H groups in total. The first-order valence-corrected chi connectivity index (χ1v) is 7.74. The van der Waals surface area contributed by atoms with Crippen molar-refractivity contribution < 1.29 is 4.42 Å². The molecule has 1 atom stereocenters. The molecule has 4 rings (SSSR count). The van der Waals surface area contributed by atoms with E-state index in [4.69, 9.17) is 15.9 Å². The number of pyridine rings is 1. The first-order valence-electron chi connectivity index (χ1n) is 7.74. The molecule has 3 heterocycles. The number of halogens is 1. The number of hydrogen-bond acceptors (Lipinski definition) is 6. The zero-order chi connectivity index (χ0) is 16.7. The van der Waals surface area contributed by atoms with Crippen LogP contribution in [0, 0.1) is 11.3 Å². The molecular weight excluding hydrogens is 340 g/mol. The van der Waals surface area contributed by atoms with E-state index in [0.29, 0.717) is 29.1 Å². The van der Waals surface area contributed by atoms with E-state index in [2.05, 4.69) is 21.3 Å². The smallest absolute Gasteiger partial charge is 0.152 e. The zero-order valence-corrected chi connectivity index (χ0v) is 14.1. The molecule has 0 saturated heterocycles. The number of rotatable bonds is 2. The van der Waals surface area contributed by atoms with Gasteiger partial charge in [-0.15, -0.1) is 12.4 Å². The molecule has 0 amide bonds. The molecule has 1 unspecified atom stereocenters. The number of fused-ring (bicyclic) bond motifs is 1. The molecule has 0 aromatic carbocycles. The van der Waals surface area contributed by atoms with Crippen molar-refractivity contribution in [2.75, 3.05) is 5.73 Å². The van der Waals surface area contributed by atoms with Crippen molar-refractivity contribution in [3.05, 3.63) is 41.2 Å². The third-order valence-electron chi connectivity index (χ3n) is 4.36. The monoisotopic (exact) mass is 356 g/mol. The Kier molecular flexibility index (Phi) is 4.49. The number of aromatic amines is 1. The maximum absolute atomic E-state index is 9.56. The minimum absolute atomic E-state index is 0. The number of nitrogens with one attached hydrogen (secondary N) is 1. The largest absolute Gasteiger partial charge is 0.454 e. The Labute approximate surface area is 150 Å². The van der Waals surface area contributed by atoms with Crippen LogP contribution in [0.5, 0.6) is 0 Å². The second-order valence-corrected chi connectivity index (χ2v) is 5.92. The topological polar surface area (TPSA) is 131 Å². The summed E-state index contributed by atoms with van der Waals surface area (Å²) in [5.74, 6) is 1.48. The average Bonchev–Trinajstić information content (AvgIpc) is 3.25. The molecule has 3 aromatic heterocycles. The number of anilines is 1. The Morgan fingerprint density at radius 2 is 2.08 bits per heavy atom. The Balaban J connectivity index is 0.00000182. The van der Waals surface area contributed by atoms with Crippen molar-refractivity contribution >= 4 is 18.2 Å². The van der Waals surface area contributed by atoms with Gasteiger partial charge in [0.2, 0.25) is 0 Å². The van der Waals surface area contributed by atoms with Crippen molar-refractivity contribution in [1.29, 1.82) is 5.26 Å². The normalized spacial score (nSPS) is 15.9. The summed E-state index contributed by atoms with van der Waals surface area (Å²) in [6.45, 7) is 0. The van der Waals surface area contributed by atoms with E-state index in [9.17, 15) is 5.26 Å². The third kappa shape index (κ3) is 2.86. The SMILES string of the molecule is Cl.N#Cc1c(N)nc2c(c1-c1ccc(-c3ccn[nH]3)o1)CC(N)CC2. The van der Waals surface area contributed by atoms with Gasteiger partial charge < -0.3 is 15.9 Å². The number of nitrogens with two attached hydrogens (primary N) is 2. The van der Waals surface area contributed by atoms with E-state index >= 15 is 0 Å². The van der Waals surface area contributed by atoms with Crippen LogP contribution in [0.15, 0.2) is 28.8 Å². The van der Waals surface area contributed by atoms with E-state index < -0.39 is 0 Å². The number of H-pyrrole nitrogens is 1. The molecule has 0 aliphatic heterocycles. The highest BCUT2D eigenvalue weighted by atomic mass is 35.5. The van der Waals surface area contributed by atoms with Gasteiger partial charge >= 0.3 is 0 Å². The summed E-state index contributed by atoms with van der Waals surface area (Å²) >= 11 is 0. The van der Waals surface area contributed by atoms with Gasteiger partial charge in [0.15, 0.2) is 5.76 Å². The van der Waals surface area contributed by atoms with Gasteiger partial charge in [-0.25, -0.2) is 4.98 Å². The van der Waals surface area contributed by atoms with E-state index in [1.807, 2.05) is 18.2 Å². The lowest BCUT2D eigenvalue weighted by molar-refractivity contribution is 0.561. The second-order valence-electron chi connectivity index (χ2n) is 5.92. The fourth-order valence-electron chi connectivity index (χ4n) is 3.20. The fourth-order valence-corrected chi connectivity index (χ4v) is 3.20. The summed E-state index contributed by atoms with van der Waals surface area (Å²) in [5, 5.41) is 16.3. The van der Waals surface area contributed by atoms with Gasteiger partial charge in [-0.1, -0.05) is 0 Å². The Morgan fingerprint density at radius 1 is 1.28 bits per heavy atom. The molecule has 0 fully saturated rings. The van der Waals surface area contributed by atoms with Crippen molar-refractivity contribution in [2.45, 2.75) is 25.3 Å². The molecule has 0 saturated carbocycles. The number of nitriles is 1. The van der Waals surface area contributed by atoms with Crippen molar-refractivity contribution in [3.63, 3.8) is 0 Å². The number of nitrogen functional groups attached to an aromatic ring is 1. The second kappa shape index (κ2) is 6.59. The number of aryl methyl sites for hydroxylation is 1. The predicted molar refractivity (Wildman–Crippen MR) is 95.9 cm³/mol. The summed E-state index contributed by atoms with van der Waals surface area (Å²) in [7, 11) is 0. The average molecular weight is 357 g/mol. The molecule has 1 aliphatic rings. The highest BCUT2D eigenvalue weighted by Gasteiger charge is 2.26. The fraction of sp³-hybridized carbons (Fsp3) is 0.235. The number of aromatic nitrogens is 3. The van der Waals surface area contributed by atoms with E-state index in [1.54, 1.807) is 6.20 Å². The van der Waals surface area contributed by atoms with Crippen LogP contribution in [-0.4, -0.2) is 21.2 Å². The molecule has 0 bridgehead atoms. The lowest BCUT2D eigenvalue weighted by atomic mass is 9.86. The quantitative estimate of drug-likeness (QED) is 0.646. The van der Waals surface area contributed by atoms with Gasteiger partial charge in [0.05, 0.1) is 0 Å². The molecule has 128 valence electrons. The highest BCUT2D eigenvalue weighted by Crippen LogP contribution is 2.37. The van der Waals surface area contributed by atoms with Crippen LogP contribution >= 0.6 is 12.4 Å². The van der Waals surface area contributed by atoms with Gasteiger partial charge in [-0.05, 0) is 43.0 Å². The summed E-state index contributed by atoms with van der Waals surface area (Å²) < 4.78 is 5.97. The molecule has 25 heavy (non-hydrogen) atoms. The van der Waals surface area contributed by atoms with Gasteiger partial charge in [0, 0.05) is 23.5 Å². The third-order valence-corrected chi connectivity index (χ3v) is 4.36. The van der Waals surface area contributed by atoms with E-state index in [-0.39, 0.29) is 24.3 Å². The summed E-state index contributed by atoms with van der Waals surface area (Å²) in [6, 6.07) is 7.72. The number of hydrogen-bond donors (Lipinski definition) is 3. The summed E-state index contributed by atoms with van der Waals surface area (Å²) in [5.41, 5.74) is 15.8. The van der Waals surface area contributed by atoms with Gasteiger partial charge in [-0.3, -0.25) is 5.10 Å². The van der Waals surface area contributed by atoms with Crippen molar-refractivity contribution in [2.24, 2.45) is 5.73 Å². The number of furan rings is 1. The first kappa shape index (κ1) is 17.0. The minimum Gasteiger partial charge on any atom is -0.454 e. The Morgan fingerprint density at radius 3 is 2.80 bits per heavy atom. The van der Waals surface area contributed by atoms with Crippen LogP contribution in [0.25, 0.3) is 22.8 Å².